The number of carbonyl (C=O) groups is 1. The maximum Gasteiger partial charge on any atom is 0.416 e. The van der Waals surface area contributed by atoms with Crippen LogP contribution in [0.4, 0.5) is 15.0 Å². The van der Waals surface area contributed by atoms with Gasteiger partial charge in [-0.15, -0.1) is 5.10 Å². The highest BCUT2D eigenvalue weighted by Gasteiger charge is 2.32. The van der Waals surface area contributed by atoms with Crippen molar-refractivity contribution in [1.82, 2.24) is 20.1 Å². The van der Waals surface area contributed by atoms with Gasteiger partial charge in [-0.05, 0) is 31.2 Å². The van der Waals surface area contributed by atoms with Crippen molar-refractivity contribution in [3.05, 3.63) is 65.7 Å². The van der Waals surface area contributed by atoms with E-state index in [2.05, 4.69) is 15.2 Å². The number of benzene rings is 1. The van der Waals surface area contributed by atoms with E-state index in [9.17, 15) is 9.18 Å². The molecule has 0 fully saturated rings. The predicted molar refractivity (Wildman–Crippen MR) is 97.1 cm³/mol. The van der Waals surface area contributed by atoms with E-state index < -0.39 is 11.9 Å². The number of amides is 1. The Morgan fingerprint density at radius 3 is 2.93 bits per heavy atom. The van der Waals surface area contributed by atoms with Gasteiger partial charge in [-0.3, -0.25) is 4.90 Å². The zero-order chi connectivity index (χ0) is 19.7. The molecule has 0 aliphatic carbocycles. The Hall–Kier alpha value is -3.75. The number of aromatic nitrogens is 3. The van der Waals surface area contributed by atoms with Crippen molar-refractivity contribution in [3.63, 3.8) is 0 Å². The van der Waals surface area contributed by atoms with Gasteiger partial charge in [0.05, 0.1) is 12.6 Å². The smallest absolute Gasteiger partial charge is 0.416 e. The topological polar surface area (TPSA) is 103 Å². The van der Waals surface area contributed by atoms with Crippen LogP contribution in [0.1, 0.15) is 24.1 Å². The Morgan fingerprint density at radius 1 is 1.29 bits per heavy atom. The highest BCUT2D eigenvalue weighted by atomic mass is 19.1. The van der Waals surface area contributed by atoms with Crippen LogP contribution in [0.25, 0.3) is 0 Å². The maximum absolute atomic E-state index is 14.2. The third-order valence-electron chi connectivity index (χ3n) is 4.44. The average molecular weight is 381 g/mol. The van der Waals surface area contributed by atoms with Gasteiger partial charge in [0.15, 0.2) is 11.6 Å². The Balaban J connectivity index is 1.58. The summed E-state index contributed by atoms with van der Waals surface area (Å²) < 4.78 is 25.2. The van der Waals surface area contributed by atoms with Crippen LogP contribution in [0, 0.1) is 5.82 Å². The minimum atomic E-state index is -0.638. The van der Waals surface area contributed by atoms with E-state index in [1.165, 1.54) is 23.4 Å². The van der Waals surface area contributed by atoms with Gasteiger partial charge in [0.25, 0.3) is 0 Å². The second kappa shape index (κ2) is 7.10. The zero-order valence-electron chi connectivity index (χ0n) is 14.9. The van der Waals surface area contributed by atoms with Crippen molar-refractivity contribution < 1.29 is 18.7 Å². The van der Waals surface area contributed by atoms with Gasteiger partial charge in [0, 0.05) is 35.7 Å². The SMILES string of the molecule is C[C@@H]1c2ccc(Oc3cccnn3)cc2OC(=O)N1Cc1ccnc(N)c1F. The molecule has 9 heteroatoms. The van der Waals surface area contributed by atoms with Gasteiger partial charge < -0.3 is 15.2 Å². The molecular weight excluding hydrogens is 365 g/mol. The largest absolute Gasteiger partial charge is 0.437 e. The summed E-state index contributed by atoms with van der Waals surface area (Å²) in [6.07, 6.45) is 2.35. The molecule has 0 saturated carbocycles. The summed E-state index contributed by atoms with van der Waals surface area (Å²) in [5, 5.41) is 7.60. The highest BCUT2D eigenvalue weighted by molar-refractivity contribution is 5.74. The van der Waals surface area contributed by atoms with Crippen molar-refractivity contribution >= 4 is 11.9 Å². The first-order chi connectivity index (χ1) is 13.5. The summed E-state index contributed by atoms with van der Waals surface area (Å²) in [6, 6.07) is 9.66. The number of carbonyl (C=O) groups excluding carboxylic acids is 1. The van der Waals surface area contributed by atoms with Crippen LogP contribution < -0.4 is 15.2 Å². The van der Waals surface area contributed by atoms with E-state index in [4.69, 9.17) is 15.2 Å². The Bertz CT molecular complexity index is 1030. The number of fused-ring (bicyclic) bond motifs is 1. The number of hydrogen-bond donors (Lipinski definition) is 1. The first-order valence-corrected chi connectivity index (χ1v) is 8.49. The van der Waals surface area contributed by atoms with Crippen molar-refractivity contribution in [2.24, 2.45) is 0 Å². The number of nitrogen functional groups attached to an aromatic ring is 1. The minimum absolute atomic E-state index is 0.00977. The van der Waals surface area contributed by atoms with Crippen molar-refractivity contribution in [3.8, 4) is 17.4 Å². The summed E-state index contributed by atoms with van der Waals surface area (Å²) in [5.41, 5.74) is 6.55. The predicted octanol–water partition coefficient (Wildman–Crippen LogP) is 3.46. The normalized spacial score (nSPS) is 15.7. The summed E-state index contributed by atoms with van der Waals surface area (Å²) in [5.74, 6) is 0.318. The average Bonchev–Trinajstić information content (AvgIpc) is 2.69. The summed E-state index contributed by atoms with van der Waals surface area (Å²) >= 11 is 0. The number of ether oxygens (including phenoxy) is 2. The third-order valence-corrected chi connectivity index (χ3v) is 4.44. The summed E-state index contributed by atoms with van der Waals surface area (Å²) in [4.78, 5) is 17.6. The third kappa shape index (κ3) is 3.29. The van der Waals surface area contributed by atoms with E-state index in [-0.39, 0.29) is 24.0 Å². The van der Waals surface area contributed by atoms with Crippen LogP contribution in [0.3, 0.4) is 0 Å². The van der Waals surface area contributed by atoms with Crippen LogP contribution in [0.2, 0.25) is 0 Å². The lowest BCUT2D eigenvalue weighted by Crippen LogP contribution is -2.39. The maximum atomic E-state index is 14.2. The molecule has 3 heterocycles. The minimum Gasteiger partial charge on any atom is -0.437 e. The van der Waals surface area contributed by atoms with Gasteiger partial charge in [0.2, 0.25) is 5.88 Å². The lowest BCUT2D eigenvalue weighted by molar-refractivity contribution is 0.116. The first kappa shape index (κ1) is 17.7. The van der Waals surface area contributed by atoms with Gasteiger partial charge in [-0.2, -0.15) is 5.10 Å². The molecule has 0 saturated heterocycles. The molecule has 4 rings (SSSR count). The summed E-state index contributed by atoms with van der Waals surface area (Å²) in [6.45, 7) is 1.85. The monoisotopic (exact) mass is 381 g/mol. The fourth-order valence-electron chi connectivity index (χ4n) is 2.96. The lowest BCUT2D eigenvalue weighted by Gasteiger charge is -2.34. The Kier molecular flexibility index (Phi) is 4.48. The van der Waals surface area contributed by atoms with E-state index in [1.807, 2.05) is 6.92 Å². The molecule has 0 unspecified atom stereocenters. The second-order valence-electron chi connectivity index (χ2n) is 6.20. The summed E-state index contributed by atoms with van der Waals surface area (Å²) in [7, 11) is 0. The van der Waals surface area contributed by atoms with Gasteiger partial charge >= 0.3 is 6.09 Å². The molecule has 142 valence electrons. The van der Waals surface area contributed by atoms with E-state index >= 15 is 0 Å². The Morgan fingerprint density at radius 2 is 2.14 bits per heavy atom. The van der Waals surface area contributed by atoms with E-state index in [0.717, 1.165) is 5.56 Å². The second-order valence-corrected chi connectivity index (χ2v) is 6.20. The quantitative estimate of drug-likeness (QED) is 0.738. The fraction of sp³-hybridized carbons (Fsp3) is 0.158. The molecule has 1 aliphatic heterocycles. The van der Waals surface area contributed by atoms with Crippen LogP contribution in [0.5, 0.6) is 17.4 Å². The molecule has 8 nitrogen and oxygen atoms in total. The molecule has 0 spiro atoms. The van der Waals surface area contributed by atoms with E-state index in [0.29, 0.717) is 17.4 Å². The number of anilines is 1. The first-order valence-electron chi connectivity index (χ1n) is 8.49. The molecule has 0 bridgehead atoms. The molecule has 1 atom stereocenters. The molecule has 2 N–H and O–H groups in total. The van der Waals surface area contributed by atoms with Crippen molar-refractivity contribution in [1.29, 1.82) is 0 Å². The Labute approximate surface area is 159 Å². The van der Waals surface area contributed by atoms with Gasteiger partial charge in [-0.1, -0.05) is 0 Å². The van der Waals surface area contributed by atoms with Crippen LogP contribution in [-0.4, -0.2) is 26.2 Å². The van der Waals surface area contributed by atoms with Crippen molar-refractivity contribution in [2.75, 3.05) is 5.73 Å². The molecule has 28 heavy (non-hydrogen) atoms. The fourth-order valence-corrected chi connectivity index (χ4v) is 2.96. The molecule has 2 aromatic heterocycles. The van der Waals surface area contributed by atoms with Crippen LogP contribution >= 0.6 is 0 Å². The zero-order valence-corrected chi connectivity index (χ0v) is 14.9. The molecular formula is C19H16FN5O3. The van der Waals surface area contributed by atoms with Crippen LogP contribution in [-0.2, 0) is 6.54 Å². The number of nitrogens with two attached hydrogens (primary N) is 1. The van der Waals surface area contributed by atoms with Gasteiger partial charge in [-0.25, -0.2) is 14.2 Å². The number of pyridine rings is 1. The highest BCUT2D eigenvalue weighted by Crippen LogP contribution is 2.38. The van der Waals surface area contributed by atoms with Crippen molar-refractivity contribution in [2.45, 2.75) is 19.5 Å². The molecule has 1 aliphatic rings. The van der Waals surface area contributed by atoms with Crippen LogP contribution in [0.15, 0.2) is 48.8 Å². The lowest BCUT2D eigenvalue weighted by atomic mass is 10.0. The van der Waals surface area contributed by atoms with E-state index in [1.54, 1.807) is 30.3 Å². The standard InChI is InChI=1S/C19H16FN5O3/c1-11-14-5-4-13(27-16-3-2-7-23-24-16)9-15(14)28-19(26)25(11)10-12-6-8-22-18(21)17(12)20/h2-9,11H,10H2,1H3,(H2,21,22)/t11-/m1/s1. The van der Waals surface area contributed by atoms with Gasteiger partial charge in [0.1, 0.15) is 11.5 Å². The number of hydrogen-bond acceptors (Lipinski definition) is 7. The molecule has 0 radical (unpaired) electrons. The molecule has 1 amide bonds. The molecule has 3 aromatic rings. The number of nitrogens with zero attached hydrogens (tertiary/aromatic N) is 4. The molecule has 1 aromatic carbocycles. The number of rotatable bonds is 4. The number of halogens is 1.